The lowest BCUT2D eigenvalue weighted by atomic mass is 10.1. The molecule has 1 fully saturated rings. The van der Waals surface area contributed by atoms with Crippen LogP contribution in [0.4, 0.5) is 10.1 Å². The number of carbonyl (C=O) groups excluding carboxylic acids is 1. The van der Waals surface area contributed by atoms with Crippen LogP contribution in [0, 0.1) is 5.82 Å². The zero-order valence-corrected chi connectivity index (χ0v) is 12.6. The molecule has 2 aromatic rings. The van der Waals surface area contributed by atoms with Crippen molar-refractivity contribution >= 4 is 23.2 Å². The second-order valence-corrected chi connectivity index (χ2v) is 5.72. The Morgan fingerprint density at radius 1 is 1.23 bits per heavy atom. The van der Waals surface area contributed by atoms with Gasteiger partial charge in [0.2, 0.25) is 0 Å². The van der Waals surface area contributed by atoms with Gasteiger partial charge in [0, 0.05) is 17.9 Å². The fourth-order valence-corrected chi connectivity index (χ4v) is 3.03. The Hall–Kier alpha value is -2.01. The zero-order chi connectivity index (χ0) is 15.5. The van der Waals surface area contributed by atoms with Gasteiger partial charge in [0.1, 0.15) is 12.1 Å². The number of hydrogen-bond donors (Lipinski definition) is 0. The van der Waals surface area contributed by atoms with Gasteiger partial charge in [-0.3, -0.25) is 4.79 Å². The summed E-state index contributed by atoms with van der Waals surface area (Å²) in [6, 6.07) is 6.02. The number of carbonyl (C=O) groups is 1. The van der Waals surface area contributed by atoms with Gasteiger partial charge in [-0.05, 0) is 37.1 Å². The molecule has 1 saturated carbocycles. The van der Waals surface area contributed by atoms with Crippen molar-refractivity contribution in [3.05, 3.63) is 53.3 Å². The van der Waals surface area contributed by atoms with Crippen LogP contribution in [0.1, 0.15) is 36.2 Å². The van der Waals surface area contributed by atoms with Crippen LogP contribution in [0.15, 0.2) is 36.8 Å². The van der Waals surface area contributed by atoms with Crippen LogP contribution in [-0.4, -0.2) is 21.9 Å². The van der Waals surface area contributed by atoms with E-state index in [0.29, 0.717) is 5.69 Å². The lowest BCUT2D eigenvalue weighted by Crippen LogP contribution is -2.39. The molecule has 0 radical (unpaired) electrons. The largest absolute Gasteiger partial charge is 0.304 e. The van der Waals surface area contributed by atoms with Crippen LogP contribution < -0.4 is 4.90 Å². The molecule has 114 valence electrons. The summed E-state index contributed by atoms with van der Waals surface area (Å²) in [5.74, 6) is -0.603. The van der Waals surface area contributed by atoms with Gasteiger partial charge in [0.15, 0.2) is 5.69 Å². The maximum Gasteiger partial charge on any atom is 0.278 e. The standard InChI is InChI=1S/C16H15ClFN3O/c17-14-9-19-10-20-15(14)16(22)21(12-3-1-2-4-12)13-7-5-11(18)6-8-13/h5-10,12H,1-4H2. The van der Waals surface area contributed by atoms with Crippen molar-refractivity contribution < 1.29 is 9.18 Å². The van der Waals surface area contributed by atoms with E-state index in [2.05, 4.69) is 9.97 Å². The van der Waals surface area contributed by atoms with Crippen molar-refractivity contribution in [2.24, 2.45) is 0 Å². The summed E-state index contributed by atoms with van der Waals surface area (Å²) in [7, 11) is 0. The second-order valence-electron chi connectivity index (χ2n) is 5.31. The van der Waals surface area contributed by atoms with Gasteiger partial charge in [-0.25, -0.2) is 14.4 Å². The van der Waals surface area contributed by atoms with Gasteiger partial charge < -0.3 is 4.90 Å². The molecule has 1 aromatic heterocycles. The van der Waals surface area contributed by atoms with Crippen molar-refractivity contribution in [1.29, 1.82) is 0 Å². The molecule has 1 aliphatic rings. The Morgan fingerprint density at radius 2 is 1.91 bits per heavy atom. The third-order valence-electron chi connectivity index (χ3n) is 3.88. The highest BCUT2D eigenvalue weighted by atomic mass is 35.5. The molecular formula is C16H15ClFN3O. The maximum absolute atomic E-state index is 13.2. The molecule has 1 heterocycles. The van der Waals surface area contributed by atoms with E-state index in [4.69, 9.17) is 11.6 Å². The highest BCUT2D eigenvalue weighted by molar-refractivity contribution is 6.34. The highest BCUT2D eigenvalue weighted by Gasteiger charge is 2.30. The summed E-state index contributed by atoms with van der Waals surface area (Å²) >= 11 is 6.05. The topological polar surface area (TPSA) is 46.1 Å². The van der Waals surface area contributed by atoms with E-state index >= 15 is 0 Å². The van der Waals surface area contributed by atoms with Crippen molar-refractivity contribution in [3.63, 3.8) is 0 Å². The third-order valence-corrected chi connectivity index (χ3v) is 4.16. The summed E-state index contributed by atoms with van der Waals surface area (Å²) in [5, 5.41) is 0.220. The second kappa shape index (κ2) is 6.40. The fraction of sp³-hybridized carbons (Fsp3) is 0.312. The van der Waals surface area contributed by atoms with Crippen LogP contribution in [0.25, 0.3) is 0 Å². The first-order valence-electron chi connectivity index (χ1n) is 7.21. The van der Waals surface area contributed by atoms with Crippen LogP contribution >= 0.6 is 11.6 Å². The molecular weight excluding hydrogens is 305 g/mol. The molecule has 22 heavy (non-hydrogen) atoms. The molecule has 0 saturated heterocycles. The van der Waals surface area contributed by atoms with E-state index < -0.39 is 0 Å². The third kappa shape index (κ3) is 2.95. The van der Waals surface area contributed by atoms with Crippen molar-refractivity contribution in [2.75, 3.05) is 4.90 Å². The summed E-state index contributed by atoms with van der Waals surface area (Å²) in [4.78, 5) is 22.4. The lowest BCUT2D eigenvalue weighted by molar-refractivity contribution is 0.0972. The van der Waals surface area contributed by atoms with Crippen molar-refractivity contribution in [2.45, 2.75) is 31.7 Å². The number of anilines is 1. The van der Waals surface area contributed by atoms with Gasteiger partial charge in [0.05, 0.1) is 5.02 Å². The van der Waals surface area contributed by atoms with Gasteiger partial charge in [-0.1, -0.05) is 24.4 Å². The minimum absolute atomic E-state index is 0.0870. The van der Waals surface area contributed by atoms with E-state index in [-0.39, 0.29) is 28.5 Å². The number of hydrogen-bond acceptors (Lipinski definition) is 3. The summed E-state index contributed by atoms with van der Waals surface area (Å²) in [6.45, 7) is 0. The van der Waals surface area contributed by atoms with Gasteiger partial charge in [0.25, 0.3) is 5.91 Å². The van der Waals surface area contributed by atoms with Crippen LogP contribution in [0.5, 0.6) is 0 Å². The first kappa shape index (κ1) is 14.9. The highest BCUT2D eigenvalue weighted by Crippen LogP contribution is 2.30. The maximum atomic E-state index is 13.2. The van der Waals surface area contributed by atoms with Crippen LogP contribution in [0.3, 0.4) is 0 Å². The monoisotopic (exact) mass is 319 g/mol. The Balaban J connectivity index is 1.99. The number of amides is 1. The number of aromatic nitrogens is 2. The lowest BCUT2D eigenvalue weighted by Gasteiger charge is -2.29. The molecule has 0 aliphatic heterocycles. The molecule has 0 N–H and O–H groups in total. The molecule has 0 spiro atoms. The molecule has 4 nitrogen and oxygen atoms in total. The predicted molar refractivity (Wildman–Crippen MR) is 82.5 cm³/mol. The van der Waals surface area contributed by atoms with Crippen LogP contribution in [0.2, 0.25) is 5.02 Å². The quantitative estimate of drug-likeness (QED) is 0.863. The smallest absolute Gasteiger partial charge is 0.278 e. The Morgan fingerprint density at radius 3 is 2.55 bits per heavy atom. The van der Waals surface area contributed by atoms with E-state index in [9.17, 15) is 9.18 Å². The van der Waals surface area contributed by atoms with Gasteiger partial charge >= 0.3 is 0 Å². The molecule has 0 unspecified atom stereocenters. The van der Waals surface area contributed by atoms with Crippen molar-refractivity contribution in [3.8, 4) is 0 Å². The SMILES string of the molecule is O=C(c1ncncc1Cl)N(c1ccc(F)cc1)C1CCCC1. The first-order valence-corrected chi connectivity index (χ1v) is 7.59. The van der Waals surface area contributed by atoms with E-state index in [0.717, 1.165) is 25.7 Å². The number of benzene rings is 1. The fourth-order valence-electron chi connectivity index (χ4n) is 2.84. The average Bonchev–Trinajstić information content (AvgIpc) is 3.04. The molecule has 1 aliphatic carbocycles. The Bertz CT molecular complexity index is 671. The minimum atomic E-state index is -0.331. The van der Waals surface area contributed by atoms with E-state index in [1.54, 1.807) is 17.0 Å². The molecule has 6 heteroatoms. The first-order chi connectivity index (χ1) is 10.7. The molecule has 1 aromatic carbocycles. The zero-order valence-electron chi connectivity index (χ0n) is 11.9. The number of nitrogens with zero attached hydrogens (tertiary/aromatic N) is 3. The van der Waals surface area contributed by atoms with Crippen molar-refractivity contribution in [1.82, 2.24) is 9.97 Å². The number of rotatable bonds is 3. The Kier molecular flexibility index (Phi) is 4.34. The molecule has 0 atom stereocenters. The molecule has 1 amide bonds. The predicted octanol–water partition coefficient (Wildman–Crippen LogP) is 3.86. The average molecular weight is 320 g/mol. The number of halogens is 2. The Labute approximate surface area is 133 Å². The van der Waals surface area contributed by atoms with E-state index in [1.165, 1.54) is 24.7 Å². The van der Waals surface area contributed by atoms with Gasteiger partial charge in [-0.15, -0.1) is 0 Å². The molecule has 3 rings (SSSR count). The summed E-state index contributed by atoms with van der Waals surface area (Å²) < 4.78 is 13.2. The summed E-state index contributed by atoms with van der Waals surface area (Å²) in [6.07, 6.45) is 6.70. The summed E-state index contributed by atoms with van der Waals surface area (Å²) in [5.41, 5.74) is 0.834. The minimum Gasteiger partial charge on any atom is -0.304 e. The van der Waals surface area contributed by atoms with Crippen LogP contribution in [-0.2, 0) is 0 Å². The molecule has 0 bridgehead atoms. The van der Waals surface area contributed by atoms with Gasteiger partial charge in [-0.2, -0.15) is 0 Å². The van der Waals surface area contributed by atoms with E-state index in [1.807, 2.05) is 0 Å². The normalized spacial score (nSPS) is 15.0.